The summed E-state index contributed by atoms with van der Waals surface area (Å²) in [5.74, 6) is 0.208. The summed E-state index contributed by atoms with van der Waals surface area (Å²) < 4.78 is 5.53. The summed E-state index contributed by atoms with van der Waals surface area (Å²) >= 11 is 0. The molecule has 1 aliphatic carbocycles. The molecule has 3 heteroatoms. The van der Waals surface area contributed by atoms with Crippen LogP contribution in [0.3, 0.4) is 0 Å². The Bertz CT molecular complexity index is 691. The van der Waals surface area contributed by atoms with E-state index < -0.39 is 0 Å². The first-order valence-corrected chi connectivity index (χ1v) is 7.42. The number of ether oxygens (including phenoxy) is 1. The highest BCUT2D eigenvalue weighted by Crippen LogP contribution is 2.21. The molecule has 1 aromatic heterocycles. The molecule has 0 saturated heterocycles. The average Bonchev–Trinajstić information content (AvgIpc) is 2.52. The van der Waals surface area contributed by atoms with E-state index in [4.69, 9.17) is 4.74 Å². The van der Waals surface area contributed by atoms with Crippen molar-refractivity contribution in [3.63, 3.8) is 0 Å². The number of aryl methyl sites for hydroxylation is 1. The number of pyridine rings is 1. The number of hydrogen-bond donors (Lipinski definition) is 0. The molecule has 0 bridgehead atoms. The fraction of sp³-hybridized carbons (Fsp3) is 0.333. The first-order valence-electron chi connectivity index (χ1n) is 7.42. The van der Waals surface area contributed by atoms with E-state index in [2.05, 4.69) is 17.1 Å². The first kappa shape index (κ1) is 13.8. The predicted molar refractivity (Wildman–Crippen MR) is 83.2 cm³/mol. The van der Waals surface area contributed by atoms with Gasteiger partial charge in [-0.2, -0.15) is 0 Å². The molecule has 1 atom stereocenters. The summed E-state index contributed by atoms with van der Waals surface area (Å²) in [6, 6.07) is 9.50. The van der Waals surface area contributed by atoms with Crippen molar-refractivity contribution in [3.05, 3.63) is 53.7 Å². The van der Waals surface area contributed by atoms with Gasteiger partial charge in [0.15, 0.2) is 0 Å². The first-order chi connectivity index (χ1) is 10.2. The van der Waals surface area contributed by atoms with Crippen LogP contribution in [-0.4, -0.2) is 17.6 Å². The van der Waals surface area contributed by atoms with Crippen LogP contribution in [0.1, 0.15) is 35.3 Å². The summed E-state index contributed by atoms with van der Waals surface area (Å²) in [7, 11) is 0. The van der Waals surface area contributed by atoms with Crippen LogP contribution in [0.25, 0.3) is 10.9 Å². The van der Waals surface area contributed by atoms with Crippen molar-refractivity contribution >= 4 is 16.9 Å². The van der Waals surface area contributed by atoms with Crippen molar-refractivity contribution in [1.82, 2.24) is 4.98 Å². The summed E-state index contributed by atoms with van der Waals surface area (Å²) in [5.41, 5.74) is 2.29. The number of benzene rings is 1. The van der Waals surface area contributed by atoms with Crippen LogP contribution in [0.2, 0.25) is 0 Å². The molecule has 0 aliphatic heterocycles. The number of carbonyl (C=O) groups is 1. The minimum absolute atomic E-state index is 0.244. The Hall–Kier alpha value is -2.16. The topological polar surface area (TPSA) is 39.2 Å². The van der Waals surface area contributed by atoms with Crippen molar-refractivity contribution in [2.45, 2.75) is 26.2 Å². The van der Waals surface area contributed by atoms with E-state index in [-0.39, 0.29) is 5.97 Å². The lowest BCUT2D eigenvalue weighted by atomic mass is 9.95. The van der Waals surface area contributed by atoms with E-state index in [1.165, 1.54) is 0 Å². The minimum Gasteiger partial charge on any atom is -0.462 e. The van der Waals surface area contributed by atoms with Gasteiger partial charge in [-0.1, -0.05) is 30.4 Å². The maximum Gasteiger partial charge on any atom is 0.338 e. The fourth-order valence-electron chi connectivity index (χ4n) is 2.76. The second kappa shape index (κ2) is 6.08. The van der Waals surface area contributed by atoms with Gasteiger partial charge in [0.25, 0.3) is 0 Å². The molecule has 0 radical (unpaired) electrons. The van der Waals surface area contributed by atoms with Crippen molar-refractivity contribution in [1.29, 1.82) is 0 Å². The molecule has 21 heavy (non-hydrogen) atoms. The Balaban J connectivity index is 1.79. The Morgan fingerprint density at radius 2 is 2.19 bits per heavy atom. The van der Waals surface area contributed by atoms with Crippen LogP contribution in [0.5, 0.6) is 0 Å². The normalized spacial score (nSPS) is 17.9. The minimum atomic E-state index is -0.244. The monoisotopic (exact) mass is 281 g/mol. The number of nitrogens with zero attached hydrogens (tertiary/aromatic N) is 1. The molecule has 2 aromatic rings. The van der Waals surface area contributed by atoms with Gasteiger partial charge >= 0.3 is 5.97 Å². The Morgan fingerprint density at radius 3 is 3.00 bits per heavy atom. The highest BCUT2D eigenvalue weighted by atomic mass is 16.5. The molecule has 1 aromatic carbocycles. The second-order valence-electron chi connectivity index (χ2n) is 5.58. The highest BCUT2D eigenvalue weighted by Gasteiger charge is 2.16. The number of esters is 1. The maximum absolute atomic E-state index is 12.4. The van der Waals surface area contributed by atoms with Crippen LogP contribution < -0.4 is 0 Å². The molecule has 108 valence electrons. The van der Waals surface area contributed by atoms with Crippen LogP contribution in [0.4, 0.5) is 0 Å². The lowest BCUT2D eigenvalue weighted by molar-refractivity contribution is 0.0434. The van der Waals surface area contributed by atoms with E-state index in [0.29, 0.717) is 18.1 Å². The standard InChI is InChI=1S/C18H19NO2/c1-13-11-16(15-9-5-6-10-17(15)19-13)18(20)21-12-14-7-3-2-4-8-14/h2-3,5-6,9-11,14H,4,7-8,12H2,1H3. The number of rotatable bonds is 3. The molecule has 0 fully saturated rings. The number of fused-ring (bicyclic) bond motifs is 1. The molecule has 3 rings (SSSR count). The van der Waals surface area contributed by atoms with Crippen molar-refractivity contribution in [3.8, 4) is 0 Å². The average molecular weight is 281 g/mol. The zero-order valence-electron chi connectivity index (χ0n) is 12.2. The lowest BCUT2D eigenvalue weighted by Gasteiger charge is -2.17. The molecule has 1 heterocycles. The van der Waals surface area contributed by atoms with Gasteiger partial charge in [0.2, 0.25) is 0 Å². The van der Waals surface area contributed by atoms with E-state index in [1.807, 2.05) is 37.3 Å². The Labute approximate surface area is 124 Å². The molecule has 1 aliphatic rings. The van der Waals surface area contributed by atoms with Gasteiger partial charge in [0, 0.05) is 11.1 Å². The largest absolute Gasteiger partial charge is 0.462 e. The predicted octanol–water partition coefficient (Wildman–Crippen LogP) is 4.06. The zero-order valence-corrected chi connectivity index (χ0v) is 12.2. The maximum atomic E-state index is 12.4. The van der Waals surface area contributed by atoms with Crippen LogP contribution >= 0.6 is 0 Å². The fourth-order valence-corrected chi connectivity index (χ4v) is 2.76. The van der Waals surface area contributed by atoms with E-state index in [1.54, 1.807) is 0 Å². The quantitative estimate of drug-likeness (QED) is 0.629. The Kier molecular flexibility index (Phi) is 4.00. The van der Waals surface area contributed by atoms with Gasteiger partial charge in [-0.15, -0.1) is 0 Å². The highest BCUT2D eigenvalue weighted by molar-refractivity contribution is 6.03. The molecule has 0 saturated carbocycles. The van der Waals surface area contributed by atoms with E-state index in [0.717, 1.165) is 35.9 Å². The van der Waals surface area contributed by atoms with Crippen molar-refractivity contribution in [2.75, 3.05) is 6.61 Å². The molecule has 0 spiro atoms. The lowest BCUT2D eigenvalue weighted by Crippen LogP contribution is -2.15. The third-order valence-electron chi connectivity index (χ3n) is 3.89. The molecule has 3 nitrogen and oxygen atoms in total. The van der Waals surface area contributed by atoms with Crippen molar-refractivity contribution in [2.24, 2.45) is 5.92 Å². The Morgan fingerprint density at radius 1 is 1.33 bits per heavy atom. The third kappa shape index (κ3) is 3.13. The van der Waals surface area contributed by atoms with Crippen LogP contribution in [-0.2, 0) is 4.74 Å². The molecule has 0 amide bonds. The number of carbonyl (C=O) groups excluding carboxylic acids is 1. The molecule has 1 unspecified atom stereocenters. The summed E-state index contributed by atoms with van der Waals surface area (Å²) in [5, 5.41) is 0.858. The van der Waals surface area contributed by atoms with Gasteiger partial charge in [-0.05, 0) is 44.2 Å². The summed E-state index contributed by atoms with van der Waals surface area (Å²) in [6.07, 6.45) is 7.55. The van der Waals surface area contributed by atoms with Gasteiger partial charge in [0.1, 0.15) is 0 Å². The number of hydrogen-bond acceptors (Lipinski definition) is 3. The van der Waals surface area contributed by atoms with Crippen molar-refractivity contribution < 1.29 is 9.53 Å². The smallest absolute Gasteiger partial charge is 0.338 e. The van der Waals surface area contributed by atoms with E-state index in [9.17, 15) is 4.79 Å². The zero-order chi connectivity index (χ0) is 14.7. The SMILES string of the molecule is Cc1cc(C(=O)OCC2CC=CCC2)c2ccccc2n1. The second-order valence-corrected chi connectivity index (χ2v) is 5.58. The number of para-hydroxylation sites is 1. The van der Waals surface area contributed by atoms with Gasteiger partial charge in [-0.3, -0.25) is 4.98 Å². The van der Waals surface area contributed by atoms with Gasteiger partial charge in [-0.25, -0.2) is 4.79 Å². The van der Waals surface area contributed by atoms with E-state index >= 15 is 0 Å². The third-order valence-corrected chi connectivity index (χ3v) is 3.89. The van der Waals surface area contributed by atoms with Crippen LogP contribution in [0.15, 0.2) is 42.5 Å². The van der Waals surface area contributed by atoms with Crippen LogP contribution in [0, 0.1) is 12.8 Å². The number of aromatic nitrogens is 1. The van der Waals surface area contributed by atoms with Gasteiger partial charge < -0.3 is 4.74 Å². The molecular weight excluding hydrogens is 262 g/mol. The molecule has 0 N–H and O–H groups in total. The summed E-state index contributed by atoms with van der Waals surface area (Å²) in [6.45, 7) is 2.40. The summed E-state index contributed by atoms with van der Waals surface area (Å²) in [4.78, 5) is 16.8. The van der Waals surface area contributed by atoms with Gasteiger partial charge in [0.05, 0.1) is 17.7 Å². The molecular formula is C18H19NO2. The number of allylic oxidation sites excluding steroid dienone is 2.